The van der Waals surface area contributed by atoms with Crippen LogP contribution in [0.4, 0.5) is 5.69 Å². The number of aliphatic hydroxyl groups excluding tert-OH is 1. The molecule has 5 rings (SSSR count). The molecule has 0 saturated carbocycles. The van der Waals surface area contributed by atoms with Crippen molar-refractivity contribution in [2.45, 2.75) is 26.8 Å². The van der Waals surface area contributed by atoms with Crippen LogP contribution in [-0.2, 0) is 4.79 Å². The molecule has 3 aromatic carbocycles. The number of amides is 1. The molecule has 0 saturated heterocycles. The molecule has 0 fully saturated rings. The summed E-state index contributed by atoms with van der Waals surface area (Å²) in [6.07, 6.45) is 0. The number of ether oxygens (including phenoxy) is 1. The third-order valence-electron chi connectivity index (χ3n) is 6.22. The average Bonchev–Trinajstić information content (AvgIpc) is 3.41. The first-order valence-corrected chi connectivity index (χ1v) is 12.8. The number of anilines is 1. The molecule has 37 heavy (non-hydrogen) atoms. The van der Waals surface area contributed by atoms with E-state index in [1.54, 1.807) is 24.3 Å². The Hall–Kier alpha value is -3.84. The quantitative estimate of drug-likeness (QED) is 0.240. The van der Waals surface area contributed by atoms with E-state index in [9.17, 15) is 14.7 Å². The van der Waals surface area contributed by atoms with E-state index >= 15 is 0 Å². The van der Waals surface area contributed by atoms with Gasteiger partial charge in [-0.3, -0.25) is 14.5 Å². The van der Waals surface area contributed by atoms with Crippen LogP contribution in [0.2, 0.25) is 0 Å². The number of aliphatic hydroxyl groups is 1. The number of fused-ring (bicyclic) bond motifs is 1. The molecule has 2 heterocycles. The number of furan rings is 1. The van der Waals surface area contributed by atoms with Crippen LogP contribution in [0.5, 0.6) is 5.75 Å². The van der Waals surface area contributed by atoms with Gasteiger partial charge in [0, 0.05) is 15.5 Å². The maximum atomic E-state index is 13.8. The summed E-state index contributed by atoms with van der Waals surface area (Å²) in [4.78, 5) is 28.7. The minimum atomic E-state index is -0.870. The molecule has 0 aliphatic carbocycles. The number of hydrogen-bond acceptors (Lipinski definition) is 5. The van der Waals surface area contributed by atoms with Crippen molar-refractivity contribution >= 4 is 44.3 Å². The number of rotatable bonds is 7. The average molecular weight is 560 g/mol. The highest BCUT2D eigenvalue weighted by Crippen LogP contribution is 2.43. The fourth-order valence-corrected chi connectivity index (χ4v) is 4.80. The van der Waals surface area contributed by atoms with Crippen LogP contribution in [0.15, 0.2) is 93.0 Å². The van der Waals surface area contributed by atoms with Crippen LogP contribution in [-0.4, -0.2) is 23.4 Å². The molecule has 1 amide bonds. The van der Waals surface area contributed by atoms with Crippen molar-refractivity contribution in [3.8, 4) is 5.75 Å². The third-order valence-corrected chi connectivity index (χ3v) is 6.72. The molecule has 0 bridgehead atoms. The lowest BCUT2D eigenvalue weighted by molar-refractivity contribution is -0.117. The van der Waals surface area contributed by atoms with Crippen molar-refractivity contribution < 1.29 is 23.8 Å². The number of benzene rings is 3. The van der Waals surface area contributed by atoms with Gasteiger partial charge >= 0.3 is 0 Å². The van der Waals surface area contributed by atoms with E-state index in [0.29, 0.717) is 35.1 Å². The minimum absolute atomic E-state index is 0.0373. The topological polar surface area (TPSA) is 80.0 Å². The summed E-state index contributed by atoms with van der Waals surface area (Å²) in [7, 11) is 0. The van der Waals surface area contributed by atoms with Crippen LogP contribution in [0.3, 0.4) is 0 Å². The molecule has 0 spiro atoms. The molecule has 1 aromatic heterocycles. The molecule has 1 atom stereocenters. The van der Waals surface area contributed by atoms with Crippen LogP contribution < -0.4 is 9.64 Å². The Labute approximate surface area is 223 Å². The Morgan fingerprint density at radius 1 is 1.08 bits per heavy atom. The Morgan fingerprint density at radius 3 is 2.57 bits per heavy atom. The molecular weight excluding hydrogens is 534 g/mol. The first kappa shape index (κ1) is 24.8. The Morgan fingerprint density at radius 2 is 1.84 bits per heavy atom. The van der Waals surface area contributed by atoms with E-state index in [-0.39, 0.29) is 11.3 Å². The number of halogens is 1. The molecule has 7 heteroatoms. The van der Waals surface area contributed by atoms with Crippen molar-refractivity contribution in [2.24, 2.45) is 5.92 Å². The van der Waals surface area contributed by atoms with E-state index in [4.69, 9.17) is 9.15 Å². The molecule has 1 unspecified atom stereocenters. The van der Waals surface area contributed by atoms with Gasteiger partial charge in [0.15, 0.2) is 11.5 Å². The number of Topliss-reactive ketones (excluding diaryl/α,β-unsaturated/α-hetero) is 1. The molecule has 1 aliphatic heterocycles. The summed E-state index contributed by atoms with van der Waals surface area (Å²) in [5.41, 5.74) is 2.73. The molecule has 188 valence electrons. The van der Waals surface area contributed by atoms with Crippen molar-refractivity contribution in [1.29, 1.82) is 0 Å². The van der Waals surface area contributed by atoms with E-state index in [1.165, 1.54) is 4.90 Å². The predicted molar refractivity (Wildman–Crippen MR) is 146 cm³/mol. The van der Waals surface area contributed by atoms with Crippen LogP contribution in [0, 0.1) is 12.8 Å². The zero-order valence-corrected chi connectivity index (χ0v) is 22.3. The fraction of sp³-hybridized carbons (Fsp3) is 0.200. The zero-order valence-electron chi connectivity index (χ0n) is 20.7. The van der Waals surface area contributed by atoms with Gasteiger partial charge in [0.2, 0.25) is 5.78 Å². The van der Waals surface area contributed by atoms with Crippen molar-refractivity contribution in [2.75, 3.05) is 11.5 Å². The van der Waals surface area contributed by atoms with E-state index in [0.717, 1.165) is 15.4 Å². The molecule has 0 radical (unpaired) electrons. The highest BCUT2D eigenvalue weighted by Gasteiger charge is 2.45. The van der Waals surface area contributed by atoms with Gasteiger partial charge < -0.3 is 14.3 Å². The maximum absolute atomic E-state index is 13.8. The van der Waals surface area contributed by atoms with Gasteiger partial charge in [-0.1, -0.05) is 59.6 Å². The van der Waals surface area contributed by atoms with Crippen LogP contribution >= 0.6 is 15.9 Å². The highest BCUT2D eigenvalue weighted by atomic mass is 79.9. The standard InChI is InChI=1S/C30H26BrNO5/c1-17(2)16-36-23-6-4-5-19(14-23)27-26(28(33)25-15-20-13-21(31)9-12-24(20)37-25)29(34)30(35)32(27)22-10-7-18(3)8-11-22/h4-15,17,27,34H,16H2,1-3H3. The lowest BCUT2D eigenvalue weighted by Gasteiger charge is -2.27. The number of aryl methyl sites for hydroxylation is 1. The molecular formula is C30H26BrNO5. The number of hydrogen-bond donors (Lipinski definition) is 1. The summed E-state index contributed by atoms with van der Waals surface area (Å²) in [5, 5.41) is 11.8. The highest BCUT2D eigenvalue weighted by molar-refractivity contribution is 9.10. The Kier molecular flexibility index (Phi) is 6.65. The molecule has 1 N–H and O–H groups in total. The first-order valence-electron chi connectivity index (χ1n) is 12.0. The Bertz CT molecular complexity index is 1530. The second-order valence-corrected chi connectivity index (χ2v) is 10.5. The van der Waals surface area contributed by atoms with Crippen LogP contribution in [0.25, 0.3) is 11.0 Å². The number of carbonyl (C=O) groups is 2. The fourth-order valence-electron chi connectivity index (χ4n) is 4.42. The maximum Gasteiger partial charge on any atom is 0.294 e. The van der Waals surface area contributed by atoms with Gasteiger partial charge in [0.1, 0.15) is 11.3 Å². The lowest BCUT2D eigenvalue weighted by Crippen LogP contribution is -2.31. The van der Waals surface area contributed by atoms with Crippen molar-refractivity contribution in [1.82, 2.24) is 0 Å². The van der Waals surface area contributed by atoms with Gasteiger partial charge in [0.25, 0.3) is 5.91 Å². The Balaban J connectivity index is 1.62. The summed E-state index contributed by atoms with van der Waals surface area (Å²) in [5.74, 6) is -0.795. The lowest BCUT2D eigenvalue weighted by atomic mass is 9.94. The second kappa shape index (κ2) is 9.90. The number of nitrogens with zero attached hydrogens (tertiary/aromatic N) is 1. The van der Waals surface area contributed by atoms with Gasteiger partial charge in [-0.25, -0.2) is 0 Å². The first-order chi connectivity index (χ1) is 17.7. The molecule has 4 aromatic rings. The van der Waals surface area contributed by atoms with Gasteiger partial charge in [-0.2, -0.15) is 0 Å². The summed E-state index contributed by atoms with van der Waals surface area (Å²) in [6, 6.07) is 20.8. The summed E-state index contributed by atoms with van der Waals surface area (Å²) in [6.45, 7) is 6.59. The smallest absolute Gasteiger partial charge is 0.294 e. The monoisotopic (exact) mass is 559 g/mol. The number of ketones is 1. The summed E-state index contributed by atoms with van der Waals surface area (Å²) >= 11 is 3.43. The molecule has 6 nitrogen and oxygen atoms in total. The predicted octanol–water partition coefficient (Wildman–Crippen LogP) is 7.32. The zero-order chi connectivity index (χ0) is 26.3. The van der Waals surface area contributed by atoms with Gasteiger partial charge in [-0.15, -0.1) is 0 Å². The van der Waals surface area contributed by atoms with E-state index < -0.39 is 23.5 Å². The van der Waals surface area contributed by atoms with E-state index in [1.807, 2.05) is 55.5 Å². The summed E-state index contributed by atoms with van der Waals surface area (Å²) < 4.78 is 12.6. The third kappa shape index (κ3) is 4.79. The SMILES string of the molecule is Cc1ccc(N2C(=O)C(O)=C(C(=O)c3cc4cc(Br)ccc4o3)C2c2cccc(OCC(C)C)c2)cc1. The van der Waals surface area contributed by atoms with Crippen molar-refractivity contribution in [3.63, 3.8) is 0 Å². The van der Waals surface area contributed by atoms with Gasteiger partial charge in [-0.05, 0) is 66.9 Å². The second-order valence-electron chi connectivity index (χ2n) is 9.57. The normalized spacial score (nSPS) is 15.8. The largest absolute Gasteiger partial charge is 0.503 e. The molecule has 1 aliphatic rings. The van der Waals surface area contributed by atoms with Crippen molar-refractivity contribution in [3.05, 3.63) is 105 Å². The van der Waals surface area contributed by atoms with Gasteiger partial charge in [0.05, 0.1) is 18.2 Å². The van der Waals surface area contributed by atoms with Crippen LogP contribution in [0.1, 0.15) is 41.6 Å². The minimum Gasteiger partial charge on any atom is -0.503 e. The number of carbonyl (C=O) groups excluding carboxylic acids is 2. The van der Waals surface area contributed by atoms with E-state index in [2.05, 4.69) is 29.8 Å².